The first-order valence-electron chi connectivity index (χ1n) is 10.6. The van der Waals surface area contributed by atoms with Crippen molar-refractivity contribution >= 4 is 23.0 Å². The van der Waals surface area contributed by atoms with E-state index in [2.05, 4.69) is 83.0 Å². The normalized spacial score (nSPS) is 11.4. The van der Waals surface area contributed by atoms with Crippen LogP contribution in [0.1, 0.15) is 22.6 Å². The molecule has 0 unspecified atom stereocenters. The molecule has 0 fully saturated rings. The number of fused-ring (bicyclic) bond motifs is 1. The van der Waals surface area contributed by atoms with Crippen LogP contribution < -0.4 is 0 Å². The van der Waals surface area contributed by atoms with Gasteiger partial charge in [-0.2, -0.15) is 5.11 Å². The van der Waals surface area contributed by atoms with E-state index < -0.39 is 0 Å². The van der Waals surface area contributed by atoms with Gasteiger partial charge in [-0.25, -0.2) is 0 Å². The van der Waals surface area contributed by atoms with Gasteiger partial charge in [-0.3, -0.25) is 0 Å². The van der Waals surface area contributed by atoms with Crippen molar-refractivity contribution in [2.45, 2.75) is 5.92 Å². The Hall–Kier alpha value is -3.75. The minimum Gasteiger partial charge on any atom is -0.151 e. The van der Waals surface area contributed by atoms with Crippen LogP contribution in [0, 0.1) is 0 Å². The summed E-state index contributed by atoms with van der Waals surface area (Å²) in [5.74, 6) is 0.168. The monoisotopic (exact) mass is 432 g/mol. The predicted octanol–water partition coefficient (Wildman–Crippen LogP) is 9.04. The molecule has 2 nitrogen and oxygen atoms in total. The fourth-order valence-electron chi connectivity index (χ4n) is 4.05. The highest BCUT2D eigenvalue weighted by Gasteiger charge is 2.16. The van der Waals surface area contributed by atoms with Crippen LogP contribution in [0.3, 0.4) is 0 Å². The number of nitrogens with zero attached hydrogens (tertiary/aromatic N) is 2. The first kappa shape index (κ1) is 20.2. The van der Waals surface area contributed by atoms with Crippen molar-refractivity contribution in [3.8, 4) is 11.1 Å². The van der Waals surface area contributed by atoms with E-state index in [0.717, 1.165) is 22.5 Å². The maximum Gasteiger partial charge on any atom is 0.0950 e. The summed E-state index contributed by atoms with van der Waals surface area (Å²) in [6.45, 7) is 0. The molecule has 32 heavy (non-hydrogen) atoms. The van der Waals surface area contributed by atoms with Crippen molar-refractivity contribution in [1.82, 2.24) is 0 Å². The molecule has 0 atom stereocenters. The standard InChI is InChI=1S/C29H21ClN2/c30-27-20-28(26-15-9-3-8-14-25(26)27)32-31-24-18-16-23(17-19-24)29(21-10-4-1-5-11-21)22-12-6-2-7-13-22/h1-20,29H. The summed E-state index contributed by atoms with van der Waals surface area (Å²) in [5, 5.41) is 9.65. The molecule has 2 aliphatic rings. The third-order valence-electron chi connectivity index (χ3n) is 5.60. The molecule has 154 valence electrons. The Balaban J connectivity index is 1.45. The predicted molar refractivity (Wildman–Crippen MR) is 133 cm³/mol. The summed E-state index contributed by atoms with van der Waals surface area (Å²) in [6, 6.07) is 41.3. The molecule has 0 amide bonds. The SMILES string of the molecule is Clc1cc(N=Nc2ccc(C(c3ccccc3)c3ccccc3)cc2)c2cccccc1-2. The van der Waals surface area contributed by atoms with Crippen LogP contribution in [0.15, 0.2) is 132 Å². The van der Waals surface area contributed by atoms with Gasteiger partial charge in [0.1, 0.15) is 0 Å². The number of hydrogen-bond acceptors (Lipinski definition) is 2. The Labute approximate surface area is 193 Å². The fourth-order valence-corrected chi connectivity index (χ4v) is 4.32. The van der Waals surface area contributed by atoms with Gasteiger partial charge in [0.2, 0.25) is 0 Å². The maximum absolute atomic E-state index is 6.39. The molecule has 3 heteroatoms. The molecule has 2 aliphatic carbocycles. The van der Waals surface area contributed by atoms with Crippen molar-refractivity contribution in [2.24, 2.45) is 10.2 Å². The number of halogens is 1. The lowest BCUT2D eigenvalue weighted by atomic mass is 9.85. The van der Waals surface area contributed by atoms with Gasteiger partial charge in [0.25, 0.3) is 0 Å². The molecular formula is C29H21ClN2. The molecule has 0 heterocycles. The van der Waals surface area contributed by atoms with E-state index in [1.54, 1.807) is 0 Å². The minimum atomic E-state index is 0.168. The van der Waals surface area contributed by atoms with Crippen LogP contribution in [-0.2, 0) is 0 Å². The summed E-state index contributed by atoms with van der Waals surface area (Å²) in [5.41, 5.74) is 7.30. The highest BCUT2D eigenvalue weighted by molar-refractivity contribution is 6.34. The van der Waals surface area contributed by atoms with Crippen LogP contribution in [0.2, 0.25) is 5.02 Å². The number of hydrogen-bond donors (Lipinski definition) is 0. The molecule has 0 radical (unpaired) electrons. The lowest BCUT2D eigenvalue weighted by Gasteiger charge is -2.19. The zero-order valence-corrected chi connectivity index (χ0v) is 18.2. The van der Waals surface area contributed by atoms with E-state index in [4.69, 9.17) is 11.6 Å². The number of benzene rings is 3. The average Bonchev–Trinajstić information content (AvgIpc) is 3.00. The molecule has 0 aliphatic heterocycles. The quantitative estimate of drug-likeness (QED) is 0.195. The van der Waals surface area contributed by atoms with Crippen molar-refractivity contribution in [3.63, 3.8) is 0 Å². The summed E-state index contributed by atoms with van der Waals surface area (Å²) < 4.78 is 0. The number of rotatable bonds is 5. The van der Waals surface area contributed by atoms with Gasteiger partial charge < -0.3 is 0 Å². The number of azo groups is 1. The highest BCUT2D eigenvalue weighted by atomic mass is 35.5. The van der Waals surface area contributed by atoms with Crippen molar-refractivity contribution in [3.05, 3.63) is 143 Å². The fraction of sp³-hybridized carbons (Fsp3) is 0.0345. The molecular weight excluding hydrogens is 412 g/mol. The Morgan fingerprint density at radius 1 is 0.500 bits per heavy atom. The van der Waals surface area contributed by atoms with E-state index in [-0.39, 0.29) is 5.92 Å². The second kappa shape index (κ2) is 9.17. The smallest absolute Gasteiger partial charge is 0.0950 e. The van der Waals surface area contributed by atoms with Crippen LogP contribution in [0.25, 0.3) is 11.1 Å². The van der Waals surface area contributed by atoms with Gasteiger partial charge >= 0.3 is 0 Å². The Morgan fingerprint density at radius 2 is 1.00 bits per heavy atom. The lowest BCUT2D eigenvalue weighted by Crippen LogP contribution is -2.02. The summed E-state index contributed by atoms with van der Waals surface area (Å²) in [6.07, 6.45) is 0. The third-order valence-corrected chi connectivity index (χ3v) is 5.91. The summed E-state index contributed by atoms with van der Waals surface area (Å²) >= 11 is 6.39. The van der Waals surface area contributed by atoms with E-state index in [1.807, 2.05) is 48.5 Å². The van der Waals surface area contributed by atoms with Gasteiger partial charge in [0, 0.05) is 17.0 Å². The van der Waals surface area contributed by atoms with Crippen molar-refractivity contribution < 1.29 is 0 Å². The van der Waals surface area contributed by atoms with Crippen molar-refractivity contribution in [2.75, 3.05) is 0 Å². The van der Waals surface area contributed by atoms with E-state index in [1.165, 1.54) is 16.7 Å². The first-order chi connectivity index (χ1) is 15.8. The van der Waals surface area contributed by atoms with E-state index in [0.29, 0.717) is 5.02 Å². The molecule has 0 saturated heterocycles. The zero-order chi connectivity index (χ0) is 21.8. The molecule has 0 bridgehead atoms. The maximum atomic E-state index is 6.39. The highest BCUT2D eigenvalue weighted by Crippen LogP contribution is 2.41. The molecule has 0 saturated carbocycles. The van der Waals surface area contributed by atoms with Crippen molar-refractivity contribution in [1.29, 1.82) is 0 Å². The lowest BCUT2D eigenvalue weighted by molar-refractivity contribution is 0.977. The minimum absolute atomic E-state index is 0.168. The third kappa shape index (κ3) is 4.18. The van der Waals surface area contributed by atoms with Gasteiger partial charge in [0.15, 0.2) is 0 Å². The van der Waals surface area contributed by atoms with Gasteiger partial charge in [-0.05, 0) is 34.9 Å². The first-order valence-corrected chi connectivity index (χ1v) is 11.0. The zero-order valence-electron chi connectivity index (χ0n) is 17.4. The summed E-state index contributed by atoms with van der Waals surface area (Å²) in [4.78, 5) is 0. The van der Waals surface area contributed by atoms with Crippen LogP contribution in [0.4, 0.5) is 11.4 Å². The molecule has 0 aromatic heterocycles. The Bertz CT molecular complexity index is 1270. The van der Waals surface area contributed by atoms with Gasteiger partial charge in [-0.1, -0.05) is 115 Å². The van der Waals surface area contributed by atoms with E-state index in [9.17, 15) is 0 Å². The Kier molecular flexibility index (Phi) is 5.78. The van der Waals surface area contributed by atoms with Gasteiger partial charge in [-0.15, -0.1) is 5.11 Å². The molecule has 0 N–H and O–H groups in total. The van der Waals surface area contributed by atoms with Crippen LogP contribution >= 0.6 is 11.6 Å². The van der Waals surface area contributed by atoms with Crippen LogP contribution in [0.5, 0.6) is 0 Å². The molecule has 5 rings (SSSR count). The van der Waals surface area contributed by atoms with E-state index >= 15 is 0 Å². The average molecular weight is 433 g/mol. The van der Waals surface area contributed by atoms with Gasteiger partial charge in [0.05, 0.1) is 16.4 Å². The molecule has 0 spiro atoms. The second-order valence-corrected chi connectivity index (χ2v) is 8.07. The Morgan fingerprint density at radius 3 is 1.59 bits per heavy atom. The second-order valence-electron chi connectivity index (χ2n) is 7.66. The summed E-state index contributed by atoms with van der Waals surface area (Å²) in [7, 11) is 0. The topological polar surface area (TPSA) is 24.7 Å². The largest absolute Gasteiger partial charge is 0.151 e. The van der Waals surface area contributed by atoms with Crippen LogP contribution in [-0.4, -0.2) is 0 Å². The molecule has 3 aromatic rings. The molecule has 3 aromatic carbocycles.